The van der Waals surface area contributed by atoms with Crippen LogP contribution in [0.4, 0.5) is 22.2 Å². The van der Waals surface area contributed by atoms with Gasteiger partial charge in [-0.1, -0.05) is 46.8 Å². The fourth-order valence-corrected chi connectivity index (χ4v) is 4.40. The number of nitro benzene ring substituents is 1. The van der Waals surface area contributed by atoms with Crippen LogP contribution >= 0.6 is 34.7 Å². The summed E-state index contributed by atoms with van der Waals surface area (Å²) in [7, 11) is 0. The third-order valence-electron chi connectivity index (χ3n) is 3.74. The molecule has 2 N–H and O–H groups in total. The summed E-state index contributed by atoms with van der Waals surface area (Å²) in [5.74, 6) is -0.346. The van der Waals surface area contributed by atoms with E-state index in [1.807, 2.05) is 31.2 Å². The van der Waals surface area contributed by atoms with Crippen LogP contribution in [0.3, 0.4) is 0 Å². The second kappa shape index (κ2) is 9.21. The molecule has 0 aliphatic carbocycles. The Labute approximate surface area is 179 Å². The lowest BCUT2D eigenvalue weighted by molar-refractivity contribution is -0.384. The third-order valence-corrected chi connectivity index (χ3v) is 6.09. The summed E-state index contributed by atoms with van der Waals surface area (Å²) in [6.07, 6.45) is 0. The molecule has 0 fully saturated rings. The van der Waals surface area contributed by atoms with Crippen LogP contribution in [0.15, 0.2) is 46.8 Å². The number of thioether (sulfide) groups is 1. The first-order valence-corrected chi connectivity index (χ1v) is 10.5. The molecule has 0 aliphatic rings. The molecule has 0 radical (unpaired) electrons. The highest BCUT2D eigenvalue weighted by molar-refractivity contribution is 8.02. The highest BCUT2D eigenvalue weighted by Gasteiger charge is 2.19. The summed E-state index contributed by atoms with van der Waals surface area (Å²) in [6.45, 7) is 3.71. The van der Waals surface area contributed by atoms with Crippen LogP contribution in [0, 0.1) is 17.0 Å². The number of aryl methyl sites for hydroxylation is 1. The molecular formula is C18H16ClN5O3S2. The second-order valence-electron chi connectivity index (χ2n) is 6.04. The molecule has 1 aromatic heterocycles. The highest BCUT2D eigenvalue weighted by Crippen LogP contribution is 2.32. The molecule has 1 amide bonds. The van der Waals surface area contributed by atoms with E-state index in [4.69, 9.17) is 11.6 Å². The van der Waals surface area contributed by atoms with E-state index in [9.17, 15) is 14.9 Å². The number of carbonyl (C=O) groups is 1. The topological polar surface area (TPSA) is 110 Å². The van der Waals surface area contributed by atoms with Gasteiger partial charge in [-0.2, -0.15) is 0 Å². The largest absolute Gasteiger partial charge is 0.330 e. The summed E-state index contributed by atoms with van der Waals surface area (Å²) in [4.78, 5) is 22.8. The molecular weight excluding hydrogens is 434 g/mol. The maximum Gasteiger partial charge on any atom is 0.271 e. The Balaban J connectivity index is 1.62. The fourth-order valence-electron chi connectivity index (χ4n) is 2.32. The molecule has 1 unspecified atom stereocenters. The van der Waals surface area contributed by atoms with E-state index < -0.39 is 10.2 Å². The van der Waals surface area contributed by atoms with E-state index >= 15 is 0 Å². The van der Waals surface area contributed by atoms with Gasteiger partial charge in [-0.05, 0) is 37.6 Å². The van der Waals surface area contributed by atoms with E-state index in [-0.39, 0.29) is 22.3 Å². The van der Waals surface area contributed by atoms with E-state index in [1.165, 1.54) is 41.3 Å². The maximum atomic E-state index is 12.5. The number of aromatic nitrogens is 2. The van der Waals surface area contributed by atoms with E-state index in [1.54, 1.807) is 6.92 Å². The Morgan fingerprint density at radius 2 is 2.07 bits per heavy atom. The highest BCUT2D eigenvalue weighted by atomic mass is 35.5. The van der Waals surface area contributed by atoms with Crippen LogP contribution in [0.5, 0.6) is 0 Å². The molecule has 1 heterocycles. The van der Waals surface area contributed by atoms with Crippen molar-refractivity contribution in [3.8, 4) is 0 Å². The molecule has 8 nitrogen and oxygen atoms in total. The maximum absolute atomic E-state index is 12.5. The molecule has 3 aromatic rings. The van der Waals surface area contributed by atoms with Crippen molar-refractivity contribution in [2.45, 2.75) is 23.4 Å². The van der Waals surface area contributed by atoms with E-state index in [0.29, 0.717) is 9.47 Å². The summed E-state index contributed by atoms with van der Waals surface area (Å²) < 4.78 is 0.618. The molecule has 11 heteroatoms. The number of halogens is 1. The SMILES string of the molecule is Cc1cccc(Nc2nnc(SC(C)C(=O)Nc3cc([N+](=O)[O-])ccc3Cl)s2)c1. The van der Waals surface area contributed by atoms with Gasteiger partial charge in [0.2, 0.25) is 11.0 Å². The molecule has 0 saturated carbocycles. The van der Waals surface area contributed by atoms with Crippen molar-refractivity contribution in [1.29, 1.82) is 0 Å². The number of nitrogens with zero attached hydrogens (tertiary/aromatic N) is 3. The van der Waals surface area contributed by atoms with Gasteiger partial charge >= 0.3 is 0 Å². The smallest absolute Gasteiger partial charge is 0.271 e. The monoisotopic (exact) mass is 449 g/mol. The number of non-ortho nitro benzene ring substituents is 1. The molecule has 29 heavy (non-hydrogen) atoms. The zero-order chi connectivity index (χ0) is 21.0. The van der Waals surface area contributed by atoms with Gasteiger partial charge in [-0.25, -0.2) is 0 Å². The number of carbonyl (C=O) groups excluding carboxylic acids is 1. The average molecular weight is 450 g/mol. The van der Waals surface area contributed by atoms with Crippen LogP contribution in [0.1, 0.15) is 12.5 Å². The molecule has 3 rings (SSSR count). The van der Waals surface area contributed by atoms with Gasteiger partial charge < -0.3 is 10.6 Å². The van der Waals surface area contributed by atoms with Gasteiger partial charge in [0.05, 0.1) is 20.9 Å². The van der Waals surface area contributed by atoms with Gasteiger partial charge in [0.1, 0.15) is 0 Å². The quantitative estimate of drug-likeness (QED) is 0.287. The molecule has 0 spiro atoms. The van der Waals surface area contributed by atoms with Crippen molar-refractivity contribution in [1.82, 2.24) is 10.2 Å². The van der Waals surface area contributed by atoms with Crippen LogP contribution in [-0.4, -0.2) is 26.3 Å². The van der Waals surface area contributed by atoms with Crippen molar-refractivity contribution < 1.29 is 9.72 Å². The number of nitro groups is 1. The molecule has 0 bridgehead atoms. The fraction of sp³-hybridized carbons (Fsp3) is 0.167. The normalized spacial score (nSPS) is 11.7. The van der Waals surface area contributed by atoms with Gasteiger partial charge in [-0.15, -0.1) is 10.2 Å². The summed E-state index contributed by atoms with van der Waals surface area (Å²) >= 11 is 8.60. The molecule has 2 aromatic carbocycles. The summed E-state index contributed by atoms with van der Waals surface area (Å²) in [5.41, 5.74) is 2.07. The van der Waals surface area contributed by atoms with Crippen molar-refractivity contribution in [2.24, 2.45) is 0 Å². The number of amides is 1. The van der Waals surface area contributed by atoms with Gasteiger partial charge in [-0.3, -0.25) is 14.9 Å². The average Bonchev–Trinajstić information content (AvgIpc) is 3.10. The van der Waals surface area contributed by atoms with Crippen LogP contribution in [0.2, 0.25) is 5.02 Å². The zero-order valence-electron chi connectivity index (χ0n) is 15.4. The minimum Gasteiger partial charge on any atom is -0.330 e. The number of rotatable bonds is 7. The number of anilines is 3. The molecule has 0 aliphatic heterocycles. The minimum absolute atomic E-state index is 0.152. The number of benzene rings is 2. The lowest BCUT2D eigenvalue weighted by Crippen LogP contribution is -2.22. The second-order valence-corrected chi connectivity index (χ2v) is 9.01. The Bertz CT molecular complexity index is 1060. The first-order valence-electron chi connectivity index (χ1n) is 8.40. The predicted octanol–water partition coefficient (Wildman–Crippen LogP) is 5.27. The Hall–Kier alpha value is -2.69. The predicted molar refractivity (Wildman–Crippen MR) is 116 cm³/mol. The van der Waals surface area contributed by atoms with E-state index in [0.717, 1.165) is 11.3 Å². The first kappa shape index (κ1) is 21.0. The van der Waals surface area contributed by atoms with Crippen molar-refractivity contribution in [3.63, 3.8) is 0 Å². The minimum atomic E-state index is -0.547. The van der Waals surface area contributed by atoms with Crippen LogP contribution < -0.4 is 10.6 Å². The molecule has 0 saturated heterocycles. The number of nitrogens with one attached hydrogen (secondary N) is 2. The first-order chi connectivity index (χ1) is 13.8. The Morgan fingerprint density at radius 3 is 2.79 bits per heavy atom. The number of hydrogen-bond donors (Lipinski definition) is 2. The summed E-state index contributed by atoms with van der Waals surface area (Å²) in [6, 6.07) is 11.8. The molecule has 150 valence electrons. The van der Waals surface area contributed by atoms with Gasteiger partial charge in [0.25, 0.3) is 5.69 Å². The lowest BCUT2D eigenvalue weighted by Gasteiger charge is -2.11. The van der Waals surface area contributed by atoms with Crippen molar-refractivity contribution >= 4 is 62.8 Å². The van der Waals surface area contributed by atoms with Gasteiger partial charge in [0, 0.05) is 17.8 Å². The number of hydrogen-bond acceptors (Lipinski definition) is 8. The van der Waals surface area contributed by atoms with Crippen molar-refractivity contribution in [3.05, 3.63) is 63.2 Å². The lowest BCUT2D eigenvalue weighted by atomic mass is 10.2. The molecule has 1 atom stereocenters. The Morgan fingerprint density at radius 1 is 1.28 bits per heavy atom. The van der Waals surface area contributed by atoms with Gasteiger partial charge in [0.15, 0.2) is 4.34 Å². The standard InChI is InChI=1S/C18H16ClN5O3S2/c1-10-4-3-5-12(8-10)20-17-22-23-18(29-17)28-11(2)16(25)21-15-9-13(24(26)27)6-7-14(15)19/h3-9,11H,1-2H3,(H,20,22)(H,21,25). The Kier molecular flexibility index (Phi) is 6.68. The van der Waals surface area contributed by atoms with Crippen LogP contribution in [0.25, 0.3) is 0 Å². The van der Waals surface area contributed by atoms with Crippen molar-refractivity contribution in [2.75, 3.05) is 10.6 Å². The summed E-state index contributed by atoms with van der Waals surface area (Å²) in [5, 5.41) is 25.2. The third kappa shape index (κ3) is 5.66. The van der Waals surface area contributed by atoms with Crippen LogP contribution in [-0.2, 0) is 4.79 Å². The van der Waals surface area contributed by atoms with E-state index in [2.05, 4.69) is 20.8 Å². The zero-order valence-corrected chi connectivity index (χ0v) is 17.8.